The lowest BCUT2D eigenvalue weighted by atomic mass is 9.83. The van der Waals surface area contributed by atoms with Crippen molar-refractivity contribution in [2.75, 3.05) is 11.5 Å². The van der Waals surface area contributed by atoms with Gasteiger partial charge in [0.2, 0.25) is 5.91 Å². The van der Waals surface area contributed by atoms with Gasteiger partial charge in [-0.25, -0.2) is 0 Å². The Morgan fingerprint density at radius 1 is 1.43 bits per heavy atom. The maximum Gasteiger partial charge on any atom is 0.231 e. The Morgan fingerprint density at radius 2 is 2.14 bits per heavy atom. The topological polar surface area (TPSA) is 78.9 Å². The van der Waals surface area contributed by atoms with Crippen molar-refractivity contribution < 1.29 is 4.79 Å². The van der Waals surface area contributed by atoms with Crippen LogP contribution in [0.4, 0.5) is 5.69 Å². The molecule has 0 aromatic heterocycles. The number of carbonyl (C=O) groups is 1. The normalized spacial score (nSPS) is 17.0. The molecule has 1 aliphatic rings. The third-order valence-corrected chi connectivity index (χ3v) is 4.96. The summed E-state index contributed by atoms with van der Waals surface area (Å²) in [6.07, 6.45) is 4.61. The summed E-state index contributed by atoms with van der Waals surface area (Å²) in [7, 11) is 0. The predicted octanol–water partition coefficient (Wildman–Crippen LogP) is 3.36. The van der Waals surface area contributed by atoms with Crippen molar-refractivity contribution in [2.24, 2.45) is 0 Å². The van der Waals surface area contributed by atoms with Gasteiger partial charge in [0.05, 0.1) is 22.5 Å². The van der Waals surface area contributed by atoms with E-state index in [2.05, 4.69) is 11.4 Å². The Kier molecular flexibility index (Phi) is 5.38. The number of benzene rings is 1. The molecule has 0 saturated heterocycles. The van der Waals surface area contributed by atoms with Crippen molar-refractivity contribution >= 4 is 35.0 Å². The van der Waals surface area contributed by atoms with E-state index in [1.54, 1.807) is 12.1 Å². The summed E-state index contributed by atoms with van der Waals surface area (Å²) in [6, 6.07) is 7.59. The zero-order chi connectivity index (χ0) is 15.3. The number of nitriles is 1. The van der Waals surface area contributed by atoms with E-state index in [0.717, 1.165) is 37.0 Å². The minimum atomic E-state index is -0.672. The summed E-state index contributed by atoms with van der Waals surface area (Å²) in [5.41, 5.74) is 5.50. The molecule has 112 valence electrons. The van der Waals surface area contributed by atoms with Gasteiger partial charge in [0.25, 0.3) is 0 Å². The van der Waals surface area contributed by atoms with E-state index < -0.39 is 5.54 Å². The number of nitrogens with zero attached hydrogens (tertiary/aromatic N) is 1. The quantitative estimate of drug-likeness (QED) is 0.658. The summed E-state index contributed by atoms with van der Waals surface area (Å²) in [5, 5.41) is 12.7. The van der Waals surface area contributed by atoms with Crippen LogP contribution in [0.15, 0.2) is 23.1 Å². The molecule has 6 heteroatoms. The van der Waals surface area contributed by atoms with Crippen LogP contribution in [-0.2, 0) is 4.79 Å². The lowest BCUT2D eigenvalue weighted by Crippen LogP contribution is -2.49. The fourth-order valence-corrected chi connectivity index (χ4v) is 3.45. The smallest absolute Gasteiger partial charge is 0.231 e. The van der Waals surface area contributed by atoms with Gasteiger partial charge in [0.1, 0.15) is 5.54 Å². The zero-order valence-corrected chi connectivity index (χ0v) is 13.3. The van der Waals surface area contributed by atoms with Gasteiger partial charge >= 0.3 is 0 Å². The molecule has 3 N–H and O–H groups in total. The van der Waals surface area contributed by atoms with E-state index in [1.807, 2.05) is 6.07 Å². The van der Waals surface area contributed by atoms with Gasteiger partial charge in [-0.1, -0.05) is 30.9 Å². The van der Waals surface area contributed by atoms with Crippen molar-refractivity contribution in [3.8, 4) is 6.07 Å². The van der Waals surface area contributed by atoms with Gasteiger partial charge in [-0.15, -0.1) is 11.8 Å². The molecule has 0 atom stereocenters. The second-order valence-electron chi connectivity index (χ2n) is 5.27. The second-order valence-corrected chi connectivity index (χ2v) is 6.73. The van der Waals surface area contributed by atoms with Gasteiger partial charge in [0.15, 0.2) is 0 Å². The molecule has 2 rings (SSSR count). The highest BCUT2D eigenvalue weighted by atomic mass is 35.5. The molecule has 1 aliphatic carbocycles. The molecular formula is C15H18ClN3OS. The summed E-state index contributed by atoms with van der Waals surface area (Å²) in [4.78, 5) is 12.9. The first-order valence-corrected chi connectivity index (χ1v) is 8.31. The summed E-state index contributed by atoms with van der Waals surface area (Å²) < 4.78 is 0. The number of nitrogen functional groups attached to an aromatic ring is 1. The number of rotatable bonds is 4. The Bertz CT molecular complexity index is 565. The molecule has 0 heterocycles. The molecule has 1 amide bonds. The van der Waals surface area contributed by atoms with Crippen LogP contribution in [-0.4, -0.2) is 17.2 Å². The van der Waals surface area contributed by atoms with E-state index in [4.69, 9.17) is 17.3 Å². The average molecular weight is 324 g/mol. The molecule has 1 aromatic carbocycles. The predicted molar refractivity (Wildman–Crippen MR) is 86.2 cm³/mol. The van der Waals surface area contributed by atoms with E-state index >= 15 is 0 Å². The Hall–Kier alpha value is -1.38. The van der Waals surface area contributed by atoms with Gasteiger partial charge in [-0.2, -0.15) is 5.26 Å². The zero-order valence-electron chi connectivity index (χ0n) is 11.7. The number of anilines is 1. The monoisotopic (exact) mass is 323 g/mol. The summed E-state index contributed by atoms with van der Waals surface area (Å²) >= 11 is 7.34. The lowest BCUT2D eigenvalue weighted by molar-refractivity contribution is -0.120. The van der Waals surface area contributed by atoms with Crippen LogP contribution in [0.1, 0.15) is 32.1 Å². The molecule has 1 aromatic rings. The fourth-order valence-electron chi connectivity index (χ4n) is 2.47. The minimum Gasteiger partial charge on any atom is -0.398 e. The average Bonchev–Trinajstić information content (AvgIpc) is 2.49. The molecule has 0 radical (unpaired) electrons. The van der Waals surface area contributed by atoms with Crippen LogP contribution in [0.2, 0.25) is 5.02 Å². The molecule has 1 fully saturated rings. The van der Waals surface area contributed by atoms with Crippen LogP contribution >= 0.6 is 23.4 Å². The van der Waals surface area contributed by atoms with Crippen molar-refractivity contribution in [1.82, 2.24) is 5.32 Å². The fraction of sp³-hybridized carbons (Fsp3) is 0.467. The standard InChI is InChI=1S/C15H18ClN3OS/c16-12-8-11(4-5-13(12)18)21-9-14(20)19-15(10-17)6-2-1-3-7-15/h4-5,8H,1-3,6-7,9,18H2,(H,19,20). The van der Waals surface area contributed by atoms with E-state index in [9.17, 15) is 10.1 Å². The van der Waals surface area contributed by atoms with Gasteiger partial charge in [-0.3, -0.25) is 4.79 Å². The largest absolute Gasteiger partial charge is 0.398 e. The lowest BCUT2D eigenvalue weighted by Gasteiger charge is -2.31. The molecular weight excluding hydrogens is 306 g/mol. The van der Waals surface area contributed by atoms with Crippen LogP contribution < -0.4 is 11.1 Å². The SMILES string of the molecule is N#CC1(NC(=O)CSc2ccc(N)c(Cl)c2)CCCCC1. The molecule has 4 nitrogen and oxygen atoms in total. The molecule has 0 bridgehead atoms. The molecule has 1 saturated carbocycles. The minimum absolute atomic E-state index is 0.114. The molecule has 0 spiro atoms. The molecule has 0 unspecified atom stereocenters. The third-order valence-electron chi connectivity index (χ3n) is 3.64. The number of amides is 1. The number of carbonyl (C=O) groups excluding carboxylic acids is 1. The molecule has 0 aliphatic heterocycles. The second kappa shape index (κ2) is 7.06. The summed E-state index contributed by atoms with van der Waals surface area (Å²) in [5.74, 6) is 0.153. The van der Waals surface area contributed by atoms with Crippen LogP contribution in [0.3, 0.4) is 0 Å². The van der Waals surface area contributed by atoms with Crippen molar-refractivity contribution in [3.05, 3.63) is 23.2 Å². The number of hydrogen-bond donors (Lipinski definition) is 2. The van der Waals surface area contributed by atoms with Crippen LogP contribution in [0, 0.1) is 11.3 Å². The summed E-state index contributed by atoms with van der Waals surface area (Å²) in [6.45, 7) is 0. The van der Waals surface area contributed by atoms with E-state index in [1.165, 1.54) is 11.8 Å². The first-order valence-electron chi connectivity index (χ1n) is 6.95. The van der Waals surface area contributed by atoms with Crippen LogP contribution in [0.25, 0.3) is 0 Å². The van der Waals surface area contributed by atoms with Gasteiger partial charge in [0, 0.05) is 4.90 Å². The van der Waals surface area contributed by atoms with Crippen molar-refractivity contribution in [2.45, 2.75) is 42.5 Å². The first kappa shape index (κ1) is 16.0. The number of thioether (sulfide) groups is 1. The first-order chi connectivity index (χ1) is 10.0. The van der Waals surface area contributed by atoms with E-state index in [-0.39, 0.29) is 11.7 Å². The third kappa shape index (κ3) is 4.29. The maximum absolute atomic E-state index is 12.1. The Morgan fingerprint density at radius 3 is 2.76 bits per heavy atom. The number of nitrogens with two attached hydrogens (primary N) is 1. The van der Waals surface area contributed by atoms with Gasteiger partial charge in [-0.05, 0) is 31.0 Å². The van der Waals surface area contributed by atoms with Crippen molar-refractivity contribution in [1.29, 1.82) is 5.26 Å². The number of nitrogens with one attached hydrogen (secondary N) is 1. The highest BCUT2D eigenvalue weighted by Crippen LogP contribution is 2.29. The molecule has 21 heavy (non-hydrogen) atoms. The van der Waals surface area contributed by atoms with Gasteiger partial charge < -0.3 is 11.1 Å². The number of hydrogen-bond acceptors (Lipinski definition) is 4. The Labute approximate surface area is 134 Å². The van der Waals surface area contributed by atoms with Crippen molar-refractivity contribution in [3.63, 3.8) is 0 Å². The van der Waals surface area contributed by atoms with E-state index in [0.29, 0.717) is 10.7 Å². The maximum atomic E-state index is 12.1. The highest BCUT2D eigenvalue weighted by Gasteiger charge is 2.33. The number of halogens is 1. The van der Waals surface area contributed by atoms with Crippen LogP contribution in [0.5, 0.6) is 0 Å². The highest BCUT2D eigenvalue weighted by molar-refractivity contribution is 8.00. The Balaban J connectivity index is 1.89.